The summed E-state index contributed by atoms with van der Waals surface area (Å²) in [5.74, 6) is 0. The summed E-state index contributed by atoms with van der Waals surface area (Å²) < 4.78 is 5.06. The molecule has 0 rings (SSSR count). The minimum atomic E-state index is -1.19. The summed E-state index contributed by atoms with van der Waals surface area (Å²) in [7, 11) is -1.19. The van der Waals surface area contributed by atoms with E-state index >= 15 is 0 Å². The zero-order chi connectivity index (χ0) is 6.78. The number of rotatable bonds is 1. The van der Waals surface area contributed by atoms with Crippen LogP contribution in [0.2, 0.25) is 0 Å². The van der Waals surface area contributed by atoms with Crippen molar-refractivity contribution < 1.29 is 4.52 Å². The highest BCUT2D eigenvalue weighted by atomic mass is 31.2. The fraction of sp³-hybridized carbons (Fsp3) is 1.00. The normalized spacial score (nSPS) is 12.8. The van der Waals surface area contributed by atoms with E-state index < -0.39 is 8.45 Å². The topological polar surface area (TPSA) is 61.3 Å². The first-order valence-electron chi connectivity index (χ1n) is 2.40. The van der Waals surface area contributed by atoms with E-state index in [-0.39, 0.29) is 5.60 Å². The molecule has 0 saturated carbocycles. The van der Waals surface area contributed by atoms with Crippen LogP contribution >= 0.6 is 8.45 Å². The summed E-state index contributed by atoms with van der Waals surface area (Å²) in [6.07, 6.45) is 0. The first kappa shape index (κ1) is 8.31. The maximum Gasteiger partial charge on any atom is 0.176 e. The average molecular weight is 136 g/mol. The molecule has 0 aromatic rings. The van der Waals surface area contributed by atoms with Gasteiger partial charge in [-0.25, -0.2) is 0 Å². The molecule has 0 aromatic carbocycles. The summed E-state index contributed by atoms with van der Waals surface area (Å²) in [4.78, 5) is 0. The van der Waals surface area contributed by atoms with Crippen LogP contribution < -0.4 is 11.0 Å². The van der Waals surface area contributed by atoms with Gasteiger partial charge in [0, 0.05) is 0 Å². The Kier molecular flexibility index (Phi) is 2.84. The molecule has 0 spiro atoms. The predicted octanol–water partition coefficient (Wildman–Crippen LogP) is 0.946. The third-order valence-electron chi connectivity index (χ3n) is 0.379. The molecule has 0 aliphatic rings. The second-order valence-corrected chi connectivity index (χ2v) is 3.47. The average Bonchev–Trinajstić information content (AvgIpc) is 1.21. The molecule has 0 aliphatic heterocycles. The Morgan fingerprint density at radius 3 is 1.62 bits per heavy atom. The molecule has 0 aromatic heterocycles. The van der Waals surface area contributed by atoms with Crippen molar-refractivity contribution in [1.29, 1.82) is 0 Å². The molecule has 0 radical (unpaired) electrons. The van der Waals surface area contributed by atoms with E-state index in [4.69, 9.17) is 15.5 Å². The van der Waals surface area contributed by atoms with E-state index in [1.165, 1.54) is 0 Å². The maximum absolute atomic E-state index is 5.20. The monoisotopic (exact) mass is 136 g/mol. The molecule has 0 heterocycles. The van der Waals surface area contributed by atoms with E-state index in [2.05, 4.69) is 0 Å². The van der Waals surface area contributed by atoms with Gasteiger partial charge in [0.15, 0.2) is 8.45 Å². The van der Waals surface area contributed by atoms with Gasteiger partial charge in [0.1, 0.15) is 0 Å². The number of hydrogen-bond acceptors (Lipinski definition) is 3. The fourth-order valence-electron chi connectivity index (χ4n) is 0.316. The molecular formula is C4H13N2OP. The summed E-state index contributed by atoms with van der Waals surface area (Å²) in [5.41, 5.74) is 10.2. The van der Waals surface area contributed by atoms with E-state index in [1.54, 1.807) is 0 Å². The smallest absolute Gasteiger partial charge is 0.176 e. The van der Waals surface area contributed by atoms with Gasteiger partial charge in [-0.05, 0) is 20.8 Å². The van der Waals surface area contributed by atoms with E-state index in [0.717, 1.165) is 0 Å². The van der Waals surface area contributed by atoms with Crippen LogP contribution in [0.3, 0.4) is 0 Å². The Labute approximate surface area is 51.3 Å². The Morgan fingerprint density at radius 2 is 1.62 bits per heavy atom. The third kappa shape index (κ3) is 6.31. The van der Waals surface area contributed by atoms with Gasteiger partial charge >= 0.3 is 0 Å². The molecule has 0 saturated heterocycles. The summed E-state index contributed by atoms with van der Waals surface area (Å²) in [5, 5.41) is 0. The quantitative estimate of drug-likeness (QED) is 0.527. The van der Waals surface area contributed by atoms with E-state index in [0.29, 0.717) is 0 Å². The summed E-state index contributed by atoms with van der Waals surface area (Å²) in [6.45, 7) is 5.76. The van der Waals surface area contributed by atoms with Gasteiger partial charge in [-0.3, -0.25) is 11.0 Å². The second kappa shape index (κ2) is 2.74. The number of hydrogen-bond donors (Lipinski definition) is 2. The molecule has 0 fully saturated rings. The SMILES string of the molecule is CC(C)(C)OP(N)N. The first-order valence-corrected chi connectivity index (χ1v) is 3.80. The van der Waals surface area contributed by atoms with Gasteiger partial charge in [-0.15, -0.1) is 0 Å². The van der Waals surface area contributed by atoms with Crippen molar-refractivity contribution in [2.75, 3.05) is 0 Å². The van der Waals surface area contributed by atoms with Crippen LogP contribution in [-0.4, -0.2) is 5.60 Å². The highest BCUT2D eigenvalue weighted by Crippen LogP contribution is 2.24. The Hall–Kier alpha value is 0.310. The lowest BCUT2D eigenvalue weighted by molar-refractivity contribution is 0.150. The van der Waals surface area contributed by atoms with Crippen LogP contribution in [0.5, 0.6) is 0 Å². The van der Waals surface area contributed by atoms with E-state index in [1.807, 2.05) is 20.8 Å². The van der Waals surface area contributed by atoms with Crippen molar-refractivity contribution in [2.24, 2.45) is 11.0 Å². The molecule has 4 N–H and O–H groups in total. The van der Waals surface area contributed by atoms with Gasteiger partial charge in [-0.2, -0.15) is 0 Å². The van der Waals surface area contributed by atoms with Crippen molar-refractivity contribution in [3.05, 3.63) is 0 Å². The lowest BCUT2D eigenvalue weighted by Crippen LogP contribution is -2.20. The molecular weight excluding hydrogens is 123 g/mol. The van der Waals surface area contributed by atoms with Gasteiger partial charge in [0.25, 0.3) is 0 Å². The minimum Gasteiger partial charge on any atom is -0.326 e. The third-order valence-corrected chi connectivity index (χ3v) is 1.14. The van der Waals surface area contributed by atoms with Gasteiger partial charge in [0.05, 0.1) is 5.60 Å². The number of nitrogens with two attached hydrogens (primary N) is 2. The van der Waals surface area contributed by atoms with Crippen molar-refractivity contribution >= 4 is 8.45 Å². The van der Waals surface area contributed by atoms with Crippen LogP contribution in [0.15, 0.2) is 0 Å². The van der Waals surface area contributed by atoms with Crippen molar-refractivity contribution in [2.45, 2.75) is 26.4 Å². The zero-order valence-corrected chi connectivity index (χ0v) is 6.40. The predicted molar refractivity (Wildman–Crippen MR) is 36.1 cm³/mol. The van der Waals surface area contributed by atoms with Gasteiger partial charge in [-0.1, -0.05) is 0 Å². The summed E-state index contributed by atoms with van der Waals surface area (Å²) in [6, 6.07) is 0. The molecule has 0 amide bonds. The molecule has 0 aliphatic carbocycles. The van der Waals surface area contributed by atoms with Crippen molar-refractivity contribution in [3.8, 4) is 0 Å². The van der Waals surface area contributed by atoms with Crippen LogP contribution in [0.25, 0.3) is 0 Å². The van der Waals surface area contributed by atoms with Gasteiger partial charge in [0.2, 0.25) is 0 Å². The summed E-state index contributed by atoms with van der Waals surface area (Å²) >= 11 is 0. The molecule has 4 heteroatoms. The Bertz CT molecular complexity index is 68.9. The van der Waals surface area contributed by atoms with Crippen molar-refractivity contribution in [1.82, 2.24) is 0 Å². The van der Waals surface area contributed by atoms with Crippen LogP contribution in [0.4, 0.5) is 0 Å². The van der Waals surface area contributed by atoms with Crippen LogP contribution in [-0.2, 0) is 4.52 Å². The fourth-order valence-corrected chi connectivity index (χ4v) is 0.949. The minimum absolute atomic E-state index is 0.199. The molecule has 8 heavy (non-hydrogen) atoms. The standard InChI is InChI=1S/C4H13N2OP/c1-4(2,3)7-8(5)6/h5-6H2,1-3H3. The van der Waals surface area contributed by atoms with Crippen LogP contribution in [0.1, 0.15) is 20.8 Å². The van der Waals surface area contributed by atoms with E-state index in [9.17, 15) is 0 Å². The highest BCUT2D eigenvalue weighted by Gasteiger charge is 2.12. The maximum atomic E-state index is 5.20. The van der Waals surface area contributed by atoms with Crippen LogP contribution in [0, 0.1) is 0 Å². The Balaban J connectivity index is 3.39. The lowest BCUT2D eigenvalue weighted by atomic mass is 10.2. The molecule has 0 bridgehead atoms. The Morgan fingerprint density at radius 1 is 1.25 bits per heavy atom. The molecule has 3 nitrogen and oxygen atoms in total. The highest BCUT2D eigenvalue weighted by molar-refractivity contribution is 7.47. The molecule has 50 valence electrons. The molecule has 0 unspecified atom stereocenters. The largest absolute Gasteiger partial charge is 0.326 e. The molecule has 0 atom stereocenters. The lowest BCUT2D eigenvalue weighted by Gasteiger charge is -2.20. The van der Waals surface area contributed by atoms with Crippen molar-refractivity contribution in [3.63, 3.8) is 0 Å². The first-order chi connectivity index (χ1) is 3.42. The second-order valence-electron chi connectivity index (χ2n) is 2.56. The van der Waals surface area contributed by atoms with Gasteiger partial charge < -0.3 is 4.52 Å². The zero-order valence-electron chi connectivity index (χ0n) is 5.51.